The molecule has 0 amide bonds. The highest BCUT2D eigenvalue weighted by molar-refractivity contribution is 6.16. The summed E-state index contributed by atoms with van der Waals surface area (Å²) in [6.45, 7) is 0. The first-order chi connectivity index (χ1) is 19.8. The van der Waals surface area contributed by atoms with Gasteiger partial charge in [0.15, 0.2) is 0 Å². The van der Waals surface area contributed by atoms with Crippen LogP contribution in [-0.2, 0) is 0 Å². The molecule has 0 N–H and O–H groups in total. The first kappa shape index (κ1) is 22.7. The number of rotatable bonds is 3. The summed E-state index contributed by atoms with van der Waals surface area (Å²) in [5.41, 5.74) is 6.85. The summed E-state index contributed by atoms with van der Waals surface area (Å²) < 4.78 is 0. The van der Waals surface area contributed by atoms with Crippen molar-refractivity contribution in [2.24, 2.45) is 0 Å². The lowest BCUT2D eigenvalue weighted by molar-refractivity contribution is 1.33. The largest absolute Gasteiger partial charge is 0.256 e. The van der Waals surface area contributed by atoms with Gasteiger partial charge in [0.1, 0.15) is 0 Å². The topological polar surface area (TPSA) is 12.9 Å². The van der Waals surface area contributed by atoms with Gasteiger partial charge in [0.05, 0.1) is 5.69 Å². The molecule has 0 fully saturated rings. The number of hydrogen-bond acceptors (Lipinski definition) is 1. The summed E-state index contributed by atoms with van der Waals surface area (Å²) in [7, 11) is 0. The van der Waals surface area contributed by atoms with Crippen molar-refractivity contribution in [3.05, 3.63) is 152 Å². The molecular weight excluding hydrogens is 482 g/mol. The Morgan fingerprint density at radius 2 is 0.800 bits per heavy atom. The van der Waals surface area contributed by atoms with Crippen LogP contribution in [0, 0.1) is 0 Å². The quantitative estimate of drug-likeness (QED) is 0.217. The van der Waals surface area contributed by atoms with Crippen molar-refractivity contribution in [2.45, 2.75) is 0 Å². The van der Waals surface area contributed by atoms with Crippen molar-refractivity contribution in [3.63, 3.8) is 0 Å². The van der Waals surface area contributed by atoms with Crippen molar-refractivity contribution < 1.29 is 0 Å². The van der Waals surface area contributed by atoms with Crippen LogP contribution in [-0.4, -0.2) is 4.98 Å². The zero-order chi connectivity index (χ0) is 26.5. The van der Waals surface area contributed by atoms with Crippen LogP contribution in [0.3, 0.4) is 0 Å². The van der Waals surface area contributed by atoms with Gasteiger partial charge < -0.3 is 0 Å². The number of nitrogens with zero attached hydrogens (tertiary/aromatic N) is 1. The van der Waals surface area contributed by atoms with E-state index in [2.05, 4.69) is 152 Å². The molecule has 186 valence electrons. The van der Waals surface area contributed by atoms with E-state index in [4.69, 9.17) is 4.98 Å². The first-order valence-corrected chi connectivity index (χ1v) is 13.7. The zero-order valence-electron chi connectivity index (χ0n) is 21.9. The standard InChI is InChI=1S/C39H25N/c1-2-12-26(13-3-1)35-24-39(37-23-28-15-5-7-17-30(28)32-19-9-11-21-34(32)37)40-25-38(35)36-22-27-14-4-6-16-29(27)31-18-8-10-20-33(31)36/h1-25H. The highest BCUT2D eigenvalue weighted by atomic mass is 14.7. The van der Waals surface area contributed by atoms with Crippen molar-refractivity contribution in [2.75, 3.05) is 0 Å². The zero-order valence-corrected chi connectivity index (χ0v) is 21.9. The van der Waals surface area contributed by atoms with Gasteiger partial charge in [-0.2, -0.15) is 0 Å². The Balaban J connectivity index is 1.44. The van der Waals surface area contributed by atoms with E-state index in [1.165, 1.54) is 59.8 Å². The molecule has 0 atom stereocenters. The van der Waals surface area contributed by atoms with Gasteiger partial charge in [0.2, 0.25) is 0 Å². The summed E-state index contributed by atoms with van der Waals surface area (Å²) in [6, 6.07) is 52.3. The molecule has 0 bridgehead atoms. The molecule has 8 aromatic rings. The SMILES string of the molecule is c1ccc(-c2cc(-c3cc4ccccc4c4ccccc34)ncc2-c2cc3ccccc3c3ccccc23)cc1. The maximum absolute atomic E-state index is 5.16. The van der Waals surface area contributed by atoms with Crippen LogP contribution >= 0.6 is 0 Å². The second kappa shape index (κ2) is 9.18. The third kappa shape index (κ3) is 3.60. The van der Waals surface area contributed by atoms with Crippen LogP contribution in [0.15, 0.2) is 152 Å². The smallest absolute Gasteiger partial charge is 0.0715 e. The molecule has 8 rings (SSSR count). The molecule has 0 saturated heterocycles. The van der Waals surface area contributed by atoms with E-state index in [0.717, 1.165) is 16.8 Å². The molecule has 1 aromatic heterocycles. The maximum atomic E-state index is 5.16. The highest BCUT2D eigenvalue weighted by Gasteiger charge is 2.16. The molecule has 1 heterocycles. The third-order valence-corrected chi connectivity index (χ3v) is 8.09. The minimum absolute atomic E-state index is 0.981. The fraction of sp³-hybridized carbons (Fsp3) is 0. The van der Waals surface area contributed by atoms with E-state index < -0.39 is 0 Å². The second-order valence-corrected chi connectivity index (χ2v) is 10.4. The van der Waals surface area contributed by atoms with Crippen LogP contribution in [0.1, 0.15) is 0 Å². The Morgan fingerprint density at radius 1 is 0.325 bits per heavy atom. The molecule has 0 spiro atoms. The minimum atomic E-state index is 0.981. The van der Waals surface area contributed by atoms with Gasteiger partial charge in [0, 0.05) is 17.3 Å². The predicted octanol–water partition coefficient (Wildman–Crippen LogP) is 10.7. The van der Waals surface area contributed by atoms with Crippen molar-refractivity contribution in [1.82, 2.24) is 4.98 Å². The summed E-state index contributed by atoms with van der Waals surface area (Å²) in [5.74, 6) is 0. The number of benzene rings is 7. The monoisotopic (exact) mass is 507 g/mol. The summed E-state index contributed by atoms with van der Waals surface area (Å²) in [5, 5.41) is 9.98. The lowest BCUT2D eigenvalue weighted by Crippen LogP contribution is -1.93. The Labute approximate surface area is 233 Å². The molecule has 1 heteroatoms. The van der Waals surface area contributed by atoms with Gasteiger partial charge in [-0.1, -0.05) is 127 Å². The second-order valence-electron chi connectivity index (χ2n) is 10.4. The Hall–Kier alpha value is -5.27. The third-order valence-electron chi connectivity index (χ3n) is 8.09. The van der Waals surface area contributed by atoms with Crippen molar-refractivity contribution >= 4 is 43.1 Å². The molecule has 7 aromatic carbocycles. The lowest BCUT2D eigenvalue weighted by Gasteiger charge is -2.17. The number of pyridine rings is 1. The molecule has 0 aliphatic carbocycles. The molecule has 0 aliphatic rings. The van der Waals surface area contributed by atoms with Gasteiger partial charge in [0.25, 0.3) is 0 Å². The first-order valence-electron chi connectivity index (χ1n) is 13.7. The van der Waals surface area contributed by atoms with Crippen molar-refractivity contribution in [1.29, 1.82) is 0 Å². The summed E-state index contributed by atoms with van der Waals surface area (Å²) in [6.07, 6.45) is 2.08. The Kier molecular flexibility index (Phi) is 5.21. The fourth-order valence-corrected chi connectivity index (χ4v) is 6.22. The van der Waals surface area contributed by atoms with Gasteiger partial charge in [-0.05, 0) is 78.0 Å². The normalized spacial score (nSPS) is 11.5. The summed E-state index contributed by atoms with van der Waals surface area (Å²) >= 11 is 0. The fourth-order valence-electron chi connectivity index (χ4n) is 6.22. The molecule has 40 heavy (non-hydrogen) atoms. The molecular formula is C39H25N. The van der Waals surface area contributed by atoms with Crippen molar-refractivity contribution in [3.8, 4) is 33.5 Å². The molecule has 1 nitrogen and oxygen atoms in total. The number of aromatic nitrogens is 1. The van der Waals surface area contributed by atoms with E-state index in [1.54, 1.807) is 0 Å². The maximum Gasteiger partial charge on any atom is 0.0715 e. The molecule has 0 aliphatic heterocycles. The van der Waals surface area contributed by atoms with Gasteiger partial charge in [-0.3, -0.25) is 4.98 Å². The number of hydrogen-bond donors (Lipinski definition) is 0. The average molecular weight is 508 g/mol. The van der Waals surface area contributed by atoms with Crippen LogP contribution in [0.25, 0.3) is 76.6 Å². The van der Waals surface area contributed by atoms with Gasteiger partial charge >= 0.3 is 0 Å². The van der Waals surface area contributed by atoms with E-state index >= 15 is 0 Å². The molecule has 0 saturated carbocycles. The molecule has 0 radical (unpaired) electrons. The lowest BCUT2D eigenvalue weighted by atomic mass is 9.88. The van der Waals surface area contributed by atoms with E-state index in [-0.39, 0.29) is 0 Å². The Bertz CT molecular complexity index is 2210. The van der Waals surface area contributed by atoms with Crippen LogP contribution < -0.4 is 0 Å². The van der Waals surface area contributed by atoms with Crippen LogP contribution in [0.4, 0.5) is 0 Å². The Morgan fingerprint density at radius 3 is 1.43 bits per heavy atom. The van der Waals surface area contributed by atoms with Gasteiger partial charge in [-0.15, -0.1) is 0 Å². The van der Waals surface area contributed by atoms with E-state index in [0.29, 0.717) is 0 Å². The van der Waals surface area contributed by atoms with Gasteiger partial charge in [-0.25, -0.2) is 0 Å². The average Bonchev–Trinajstić information content (AvgIpc) is 3.04. The van der Waals surface area contributed by atoms with E-state index in [1.807, 2.05) is 0 Å². The summed E-state index contributed by atoms with van der Waals surface area (Å²) in [4.78, 5) is 5.16. The number of fused-ring (bicyclic) bond motifs is 6. The predicted molar refractivity (Wildman–Crippen MR) is 171 cm³/mol. The van der Waals surface area contributed by atoms with E-state index in [9.17, 15) is 0 Å². The highest BCUT2D eigenvalue weighted by Crippen LogP contribution is 2.42. The molecule has 0 unspecified atom stereocenters. The minimum Gasteiger partial charge on any atom is -0.256 e. The van der Waals surface area contributed by atoms with Crippen LogP contribution in [0.2, 0.25) is 0 Å². The van der Waals surface area contributed by atoms with Crippen LogP contribution in [0.5, 0.6) is 0 Å².